The summed E-state index contributed by atoms with van der Waals surface area (Å²) in [6, 6.07) is 14.0. The van der Waals surface area contributed by atoms with Gasteiger partial charge in [0.15, 0.2) is 24.1 Å². The van der Waals surface area contributed by atoms with E-state index in [0.29, 0.717) is 31.1 Å². The van der Waals surface area contributed by atoms with Gasteiger partial charge in [0, 0.05) is 19.6 Å². The normalized spacial score (nSPS) is 11.0. The Bertz CT molecular complexity index is 835. The second-order valence-electron chi connectivity index (χ2n) is 6.76. The maximum atomic E-state index is 11.6. The lowest BCUT2D eigenvalue weighted by molar-refractivity contribution is -0.123. The molecule has 0 aromatic heterocycles. The average molecular weight is 413 g/mol. The van der Waals surface area contributed by atoms with E-state index in [1.807, 2.05) is 26.0 Å². The fourth-order valence-electron chi connectivity index (χ4n) is 2.72. The number of carbonyl (C=O) groups excluding carboxylic acids is 1. The molecule has 2 rings (SSSR count). The van der Waals surface area contributed by atoms with Gasteiger partial charge in [0.25, 0.3) is 5.91 Å². The Balaban J connectivity index is 1.99. The second kappa shape index (κ2) is 12.4. The van der Waals surface area contributed by atoms with Gasteiger partial charge in [-0.3, -0.25) is 4.79 Å². The Labute approximate surface area is 178 Å². The van der Waals surface area contributed by atoms with Crippen molar-refractivity contribution in [3.63, 3.8) is 0 Å². The summed E-state index contributed by atoms with van der Waals surface area (Å²) in [7, 11) is 1.58. The zero-order valence-corrected chi connectivity index (χ0v) is 18.2. The third kappa shape index (κ3) is 7.66. The molecule has 0 heterocycles. The molecule has 0 radical (unpaired) electrons. The minimum absolute atomic E-state index is 0.0464. The van der Waals surface area contributed by atoms with Crippen LogP contribution in [0.3, 0.4) is 0 Å². The Morgan fingerprint density at radius 1 is 0.933 bits per heavy atom. The maximum Gasteiger partial charge on any atom is 0.257 e. The number of carbonyl (C=O) groups is 1. The molecule has 0 bridgehead atoms. The number of rotatable bonds is 10. The van der Waals surface area contributed by atoms with Crippen LogP contribution in [0.15, 0.2) is 47.5 Å². The largest absolute Gasteiger partial charge is 0.493 e. The number of nitrogens with zero attached hydrogens (tertiary/aromatic N) is 1. The number of hydrogen-bond acceptors (Lipinski definition) is 4. The first-order chi connectivity index (χ1) is 14.5. The molecule has 30 heavy (non-hydrogen) atoms. The minimum Gasteiger partial charge on any atom is -0.493 e. The highest BCUT2D eigenvalue weighted by molar-refractivity contribution is 5.79. The number of benzene rings is 2. The zero-order chi connectivity index (χ0) is 21.8. The van der Waals surface area contributed by atoms with Gasteiger partial charge in [0.1, 0.15) is 0 Å². The molecular weight excluding hydrogens is 380 g/mol. The third-order valence-corrected chi connectivity index (χ3v) is 4.31. The van der Waals surface area contributed by atoms with Crippen molar-refractivity contribution in [1.82, 2.24) is 16.0 Å². The van der Waals surface area contributed by atoms with Gasteiger partial charge in [-0.1, -0.05) is 35.9 Å². The van der Waals surface area contributed by atoms with E-state index in [1.54, 1.807) is 13.2 Å². The van der Waals surface area contributed by atoms with E-state index in [4.69, 9.17) is 9.47 Å². The summed E-state index contributed by atoms with van der Waals surface area (Å²) < 4.78 is 11.0. The number of likely N-dealkylation sites (N-methyl/N-ethyl adjacent to an activating group) is 1. The third-order valence-electron chi connectivity index (χ3n) is 4.31. The smallest absolute Gasteiger partial charge is 0.257 e. The van der Waals surface area contributed by atoms with Crippen LogP contribution in [-0.4, -0.2) is 38.7 Å². The number of methoxy groups -OCH3 is 1. The molecule has 7 heteroatoms. The lowest BCUT2D eigenvalue weighted by Crippen LogP contribution is -2.36. The minimum atomic E-state index is -0.164. The quantitative estimate of drug-likeness (QED) is 0.413. The first-order valence-electron chi connectivity index (χ1n) is 10.2. The molecule has 0 fully saturated rings. The molecule has 0 aliphatic carbocycles. The molecule has 0 atom stereocenters. The van der Waals surface area contributed by atoms with Crippen molar-refractivity contribution in [2.75, 3.05) is 26.8 Å². The van der Waals surface area contributed by atoms with Crippen LogP contribution in [0, 0.1) is 6.92 Å². The molecule has 2 aromatic rings. The zero-order valence-electron chi connectivity index (χ0n) is 18.2. The predicted octanol–water partition coefficient (Wildman–Crippen LogP) is 2.77. The SMILES string of the molecule is CCNC(=O)COc1ccc(CN=C(NCC)NCc2ccc(C)cc2)cc1OC. The Morgan fingerprint density at radius 2 is 1.63 bits per heavy atom. The van der Waals surface area contributed by atoms with Crippen molar-refractivity contribution in [2.45, 2.75) is 33.9 Å². The van der Waals surface area contributed by atoms with Crippen molar-refractivity contribution in [3.8, 4) is 11.5 Å². The summed E-state index contributed by atoms with van der Waals surface area (Å²) in [5.74, 6) is 1.68. The van der Waals surface area contributed by atoms with Gasteiger partial charge in [0.2, 0.25) is 0 Å². The molecule has 0 spiro atoms. The first kappa shape index (κ1) is 23.1. The summed E-state index contributed by atoms with van der Waals surface area (Å²) in [5, 5.41) is 9.31. The van der Waals surface area contributed by atoms with Crippen LogP contribution < -0.4 is 25.4 Å². The fraction of sp³-hybridized carbons (Fsp3) is 0.391. The first-order valence-corrected chi connectivity index (χ1v) is 10.2. The molecule has 7 nitrogen and oxygen atoms in total. The van der Waals surface area contributed by atoms with Gasteiger partial charge < -0.3 is 25.4 Å². The van der Waals surface area contributed by atoms with Crippen LogP contribution in [0.4, 0.5) is 0 Å². The van der Waals surface area contributed by atoms with Crippen molar-refractivity contribution < 1.29 is 14.3 Å². The molecule has 0 saturated carbocycles. The number of aliphatic imine (C=N–C) groups is 1. The molecule has 3 N–H and O–H groups in total. The Hall–Kier alpha value is -3.22. The van der Waals surface area contributed by atoms with Crippen LogP contribution >= 0.6 is 0 Å². The summed E-state index contributed by atoms with van der Waals surface area (Å²) in [4.78, 5) is 16.2. The molecule has 0 unspecified atom stereocenters. The van der Waals surface area contributed by atoms with Crippen LogP contribution in [0.25, 0.3) is 0 Å². The number of ether oxygens (including phenoxy) is 2. The van der Waals surface area contributed by atoms with Crippen LogP contribution in [-0.2, 0) is 17.9 Å². The van der Waals surface area contributed by atoms with E-state index >= 15 is 0 Å². The van der Waals surface area contributed by atoms with Gasteiger partial charge >= 0.3 is 0 Å². The topological polar surface area (TPSA) is 84.0 Å². The Morgan fingerprint density at radius 3 is 2.30 bits per heavy atom. The molecule has 0 saturated heterocycles. The van der Waals surface area contributed by atoms with Gasteiger partial charge in [0.05, 0.1) is 13.7 Å². The highest BCUT2D eigenvalue weighted by atomic mass is 16.5. The lowest BCUT2D eigenvalue weighted by Gasteiger charge is -2.13. The molecule has 1 amide bonds. The predicted molar refractivity (Wildman–Crippen MR) is 120 cm³/mol. The molecule has 0 aliphatic heterocycles. The number of nitrogens with one attached hydrogen (secondary N) is 3. The Kier molecular flexibility index (Phi) is 9.51. The van der Waals surface area contributed by atoms with Gasteiger partial charge in [-0.2, -0.15) is 0 Å². The number of aryl methyl sites for hydroxylation is 1. The standard InChI is InChI=1S/C23H32N4O3/c1-5-24-22(28)16-30-20-12-11-19(13-21(20)29-4)15-27-23(25-6-2)26-14-18-9-7-17(3)8-10-18/h7-13H,5-6,14-16H2,1-4H3,(H,24,28)(H2,25,26,27). The molecule has 2 aromatic carbocycles. The highest BCUT2D eigenvalue weighted by Crippen LogP contribution is 2.28. The van der Waals surface area contributed by atoms with Crippen LogP contribution in [0.1, 0.15) is 30.5 Å². The highest BCUT2D eigenvalue weighted by Gasteiger charge is 2.08. The van der Waals surface area contributed by atoms with Crippen molar-refractivity contribution in [2.24, 2.45) is 4.99 Å². The van der Waals surface area contributed by atoms with Crippen molar-refractivity contribution in [3.05, 3.63) is 59.2 Å². The van der Waals surface area contributed by atoms with Crippen LogP contribution in [0.2, 0.25) is 0 Å². The number of guanidine groups is 1. The monoisotopic (exact) mass is 412 g/mol. The van der Waals surface area contributed by atoms with Crippen molar-refractivity contribution >= 4 is 11.9 Å². The van der Waals surface area contributed by atoms with E-state index in [-0.39, 0.29) is 12.5 Å². The van der Waals surface area contributed by atoms with E-state index < -0.39 is 0 Å². The lowest BCUT2D eigenvalue weighted by atomic mass is 10.1. The van der Waals surface area contributed by atoms with Gasteiger partial charge in [-0.15, -0.1) is 0 Å². The van der Waals surface area contributed by atoms with Gasteiger partial charge in [-0.25, -0.2) is 4.99 Å². The molecular formula is C23H32N4O3. The van der Waals surface area contributed by atoms with Gasteiger partial charge in [-0.05, 0) is 44.0 Å². The average Bonchev–Trinajstić information content (AvgIpc) is 2.75. The number of amides is 1. The summed E-state index contributed by atoms with van der Waals surface area (Å²) >= 11 is 0. The van der Waals surface area contributed by atoms with E-state index in [2.05, 4.69) is 52.1 Å². The maximum absolute atomic E-state index is 11.6. The fourth-order valence-corrected chi connectivity index (χ4v) is 2.72. The summed E-state index contributed by atoms with van der Waals surface area (Å²) in [6.07, 6.45) is 0. The molecule has 162 valence electrons. The van der Waals surface area contributed by atoms with E-state index in [0.717, 1.165) is 18.1 Å². The van der Waals surface area contributed by atoms with E-state index in [1.165, 1.54) is 11.1 Å². The van der Waals surface area contributed by atoms with Crippen molar-refractivity contribution in [1.29, 1.82) is 0 Å². The molecule has 0 aliphatic rings. The summed E-state index contributed by atoms with van der Waals surface area (Å²) in [5.41, 5.74) is 3.41. The summed E-state index contributed by atoms with van der Waals surface area (Å²) in [6.45, 7) is 8.46. The van der Waals surface area contributed by atoms with E-state index in [9.17, 15) is 4.79 Å². The second-order valence-corrected chi connectivity index (χ2v) is 6.76. The number of hydrogen-bond donors (Lipinski definition) is 3. The van der Waals surface area contributed by atoms with Crippen LogP contribution in [0.5, 0.6) is 11.5 Å².